The predicted octanol–water partition coefficient (Wildman–Crippen LogP) is 9.80. The molecule has 0 aliphatic heterocycles. The Morgan fingerprint density at radius 3 is 1.84 bits per heavy atom. The molecule has 4 aromatic carbocycles. The second kappa shape index (κ2) is 17.5. The maximum absolute atomic E-state index is 11.3. The smallest absolute Gasteiger partial charge is 0.303 e. The standard InChI is InChI=1S/C37H39Cl2NO5/c38-31-15-11-26(12-16-31)29-23-30(27-13-17-32(39)18-14-27)25-33(24-29)40-21-4-2-1-3-7-28-8-5-9-35(34(28)19-20-37(43)44)45-22-6-10-36(41)42/h5,8-9,11-18,23-25,40H,1-4,6-7,10,19-22H2,(H,41,42)(H,43,44). The number of benzene rings is 4. The molecule has 0 saturated carbocycles. The van der Waals surface area contributed by atoms with Gasteiger partial charge in [-0.1, -0.05) is 72.4 Å². The molecule has 0 heterocycles. The number of rotatable bonds is 18. The number of carbonyl (C=O) groups is 2. The first kappa shape index (κ1) is 33.9. The number of halogens is 2. The summed E-state index contributed by atoms with van der Waals surface area (Å²) >= 11 is 12.3. The van der Waals surface area contributed by atoms with Crippen LogP contribution in [0.1, 0.15) is 56.1 Å². The first-order chi connectivity index (χ1) is 21.8. The number of hydrogen-bond acceptors (Lipinski definition) is 4. The van der Waals surface area contributed by atoms with Gasteiger partial charge in [0.05, 0.1) is 6.61 Å². The molecule has 8 heteroatoms. The van der Waals surface area contributed by atoms with Crippen LogP contribution in [-0.4, -0.2) is 35.3 Å². The van der Waals surface area contributed by atoms with Crippen molar-refractivity contribution in [2.24, 2.45) is 0 Å². The van der Waals surface area contributed by atoms with Crippen molar-refractivity contribution in [1.29, 1.82) is 0 Å². The van der Waals surface area contributed by atoms with Gasteiger partial charge in [-0.15, -0.1) is 0 Å². The molecule has 0 spiro atoms. The maximum Gasteiger partial charge on any atom is 0.303 e. The number of nitrogens with one attached hydrogen (secondary N) is 1. The normalized spacial score (nSPS) is 10.9. The van der Waals surface area contributed by atoms with Crippen LogP contribution < -0.4 is 10.1 Å². The Balaban J connectivity index is 1.32. The molecular weight excluding hydrogens is 609 g/mol. The van der Waals surface area contributed by atoms with Crippen LogP contribution >= 0.6 is 23.2 Å². The Hall–Kier alpha value is -4.00. The Morgan fingerprint density at radius 1 is 0.644 bits per heavy atom. The van der Waals surface area contributed by atoms with Crippen LogP contribution in [0, 0.1) is 0 Å². The van der Waals surface area contributed by atoms with Gasteiger partial charge in [0.25, 0.3) is 0 Å². The van der Waals surface area contributed by atoms with Crippen molar-refractivity contribution >= 4 is 40.8 Å². The van der Waals surface area contributed by atoms with Gasteiger partial charge in [-0.25, -0.2) is 0 Å². The van der Waals surface area contributed by atoms with E-state index in [9.17, 15) is 14.7 Å². The van der Waals surface area contributed by atoms with Crippen molar-refractivity contribution in [2.45, 2.75) is 57.8 Å². The highest BCUT2D eigenvalue weighted by molar-refractivity contribution is 6.31. The molecule has 3 N–H and O–H groups in total. The molecule has 0 aliphatic carbocycles. The second-order valence-electron chi connectivity index (χ2n) is 11.0. The van der Waals surface area contributed by atoms with E-state index in [1.807, 2.05) is 66.7 Å². The molecule has 4 aromatic rings. The molecule has 6 nitrogen and oxygen atoms in total. The maximum atomic E-state index is 11.3. The molecule has 236 valence electrons. The number of carboxylic acid groups (broad SMARTS) is 2. The lowest BCUT2D eigenvalue weighted by molar-refractivity contribution is -0.138. The molecule has 0 radical (unpaired) electrons. The quantitative estimate of drug-likeness (QED) is 0.0930. The number of ether oxygens (including phenoxy) is 1. The summed E-state index contributed by atoms with van der Waals surface area (Å²) in [4.78, 5) is 22.1. The molecule has 0 aliphatic rings. The largest absolute Gasteiger partial charge is 0.493 e. The van der Waals surface area contributed by atoms with E-state index in [1.165, 1.54) is 0 Å². The van der Waals surface area contributed by atoms with Gasteiger partial charge in [-0.05, 0) is 114 Å². The van der Waals surface area contributed by atoms with Crippen molar-refractivity contribution in [3.8, 4) is 28.0 Å². The van der Waals surface area contributed by atoms with Crippen LogP contribution in [0.4, 0.5) is 5.69 Å². The molecule has 0 saturated heterocycles. The third kappa shape index (κ3) is 11.1. The fraction of sp³-hybridized carbons (Fsp3) is 0.297. The second-order valence-corrected chi connectivity index (χ2v) is 11.9. The highest BCUT2D eigenvalue weighted by atomic mass is 35.5. The van der Waals surface area contributed by atoms with E-state index < -0.39 is 11.9 Å². The van der Waals surface area contributed by atoms with Gasteiger partial charge in [-0.2, -0.15) is 0 Å². The monoisotopic (exact) mass is 647 g/mol. The minimum atomic E-state index is -0.859. The van der Waals surface area contributed by atoms with Gasteiger partial charge in [0.1, 0.15) is 5.75 Å². The highest BCUT2D eigenvalue weighted by Crippen LogP contribution is 2.32. The van der Waals surface area contributed by atoms with E-state index in [0.717, 1.165) is 77.7 Å². The van der Waals surface area contributed by atoms with Gasteiger partial charge in [0, 0.05) is 35.1 Å². The van der Waals surface area contributed by atoms with Crippen molar-refractivity contribution in [3.63, 3.8) is 0 Å². The Labute approximate surface area is 275 Å². The molecule has 0 aromatic heterocycles. The lowest BCUT2D eigenvalue weighted by Gasteiger charge is -2.15. The summed E-state index contributed by atoms with van der Waals surface area (Å²) in [6, 6.07) is 28.0. The average molecular weight is 649 g/mol. The molecule has 0 fully saturated rings. The van der Waals surface area contributed by atoms with E-state index in [2.05, 4.69) is 23.5 Å². The van der Waals surface area contributed by atoms with Crippen LogP contribution in [-0.2, 0) is 22.4 Å². The van der Waals surface area contributed by atoms with E-state index in [0.29, 0.717) is 28.6 Å². The van der Waals surface area contributed by atoms with E-state index >= 15 is 0 Å². The van der Waals surface area contributed by atoms with Crippen LogP contribution in [0.15, 0.2) is 84.9 Å². The third-order valence-electron chi connectivity index (χ3n) is 7.60. The molecule has 0 bridgehead atoms. The summed E-state index contributed by atoms with van der Waals surface area (Å²) in [6.07, 6.45) is 5.78. The molecule has 45 heavy (non-hydrogen) atoms. The highest BCUT2D eigenvalue weighted by Gasteiger charge is 2.12. The number of anilines is 1. The van der Waals surface area contributed by atoms with Crippen LogP contribution in [0.5, 0.6) is 5.75 Å². The van der Waals surface area contributed by atoms with E-state index in [4.69, 9.17) is 33.0 Å². The van der Waals surface area contributed by atoms with Crippen LogP contribution in [0.2, 0.25) is 10.0 Å². The molecule has 0 unspecified atom stereocenters. The number of hydrogen-bond donors (Lipinski definition) is 3. The van der Waals surface area contributed by atoms with Crippen molar-refractivity contribution < 1.29 is 24.5 Å². The van der Waals surface area contributed by atoms with Crippen molar-refractivity contribution in [2.75, 3.05) is 18.5 Å². The first-order valence-corrected chi connectivity index (χ1v) is 16.1. The zero-order valence-electron chi connectivity index (χ0n) is 25.2. The van der Waals surface area contributed by atoms with E-state index in [-0.39, 0.29) is 19.4 Å². The topological polar surface area (TPSA) is 95.9 Å². The van der Waals surface area contributed by atoms with Crippen LogP contribution in [0.25, 0.3) is 22.3 Å². The zero-order chi connectivity index (χ0) is 32.0. The first-order valence-electron chi connectivity index (χ1n) is 15.4. The van der Waals surface area contributed by atoms with Gasteiger partial charge in [0.2, 0.25) is 0 Å². The SMILES string of the molecule is O=C(O)CCCOc1cccc(CCCCCCNc2cc(-c3ccc(Cl)cc3)cc(-c3ccc(Cl)cc3)c2)c1CCC(=O)O. The summed E-state index contributed by atoms with van der Waals surface area (Å²) in [5.74, 6) is -1.06. The lowest BCUT2D eigenvalue weighted by Crippen LogP contribution is -2.07. The van der Waals surface area contributed by atoms with E-state index in [1.54, 1.807) is 0 Å². The Morgan fingerprint density at radius 2 is 1.24 bits per heavy atom. The fourth-order valence-corrected chi connectivity index (χ4v) is 5.53. The number of unbranched alkanes of at least 4 members (excludes halogenated alkanes) is 3. The average Bonchev–Trinajstić information content (AvgIpc) is 3.02. The van der Waals surface area contributed by atoms with Gasteiger partial charge >= 0.3 is 11.9 Å². The third-order valence-corrected chi connectivity index (χ3v) is 8.11. The zero-order valence-corrected chi connectivity index (χ0v) is 26.7. The fourth-order valence-electron chi connectivity index (χ4n) is 5.28. The Bertz CT molecular complexity index is 1490. The molecular formula is C37H39Cl2NO5. The minimum Gasteiger partial charge on any atom is -0.493 e. The summed E-state index contributed by atoms with van der Waals surface area (Å²) in [6.45, 7) is 1.13. The Kier molecular flexibility index (Phi) is 13.2. The number of aryl methyl sites for hydroxylation is 1. The van der Waals surface area contributed by atoms with Gasteiger partial charge in [0.15, 0.2) is 0 Å². The van der Waals surface area contributed by atoms with Crippen molar-refractivity contribution in [1.82, 2.24) is 0 Å². The molecule has 0 atom stereocenters. The van der Waals surface area contributed by atoms with Gasteiger partial charge in [-0.3, -0.25) is 9.59 Å². The van der Waals surface area contributed by atoms with Crippen LogP contribution in [0.3, 0.4) is 0 Å². The lowest BCUT2D eigenvalue weighted by atomic mass is 9.96. The molecule has 4 rings (SSSR count). The number of aliphatic carboxylic acids is 2. The predicted molar refractivity (Wildman–Crippen MR) is 183 cm³/mol. The van der Waals surface area contributed by atoms with Gasteiger partial charge < -0.3 is 20.3 Å². The molecule has 0 amide bonds. The summed E-state index contributed by atoms with van der Waals surface area (Å²) in [5, 5.41) is 23.2. The summed E-state index contributed by atoms with van der Waals surface area (Å²) < 4.78 is 5.87. The number of carboxylic acids is 2. The summed E-state index contributed by atoms with van der Waals surface area (Å²) in [5.41, 5.74) is 7.46. The summed E-state index contributed by atoms with van der Waals surface area (Å²) in [7, 11) is 0. The minimum absolute atomic E-state index is 0.0210. The van der Waals surface area contributed by atoms with Crippen molar-refractivity contribution in [3.05, 3.63) is 106 Å².